The molecule has 0 fully saturated rings. The highest BCUT2D eigenvalue weighted by Crippen LogP contribution is 2.62. The molecule has 4 N–H and O–H groups in total. The van der Waals surface area contributed by atoms with Gasteiger partial charge in [-0.1, -0.05) is 35.9 Å². The van der Waals surface area contributed by atoms with Crippen LogP contribution in [-0.4, -0.2) is 21.1 Å². The van der Waals surface area contributed by atoms with Crippen LogP contribution >= 0.6 is 10.8 Å². The number of nitrogens with two attached hydrogens (primary N) is 1. The van der Waals surface area contributed by atoms with Gasteiger partial charge in [0.1, 0.15) is 11.4 Å². The lowest BCUT2D eigenvalue weighted by atomic mass is 10.1. The van der Waals surface area contributed by atoms with E-state index >= 15 is 0 Å². The van der Waals surface area contributed by atoms with Gasteiger partial charge in [0, 0.05) is 5.92 Å². The summed E-state index contributed by atoms with van der Waals surface area (Å²) < 4.78 is 30.0. The van der Waals surface area contributed by atoms with Crippen molar-refractivity contribution in [2.24, 2.45) is 11.7 Å². The van der Waals surface area contributed by atoms with Crippen LogP contribution in [0.4, 0.5) is 11.4 Å². The molecule has 1 heterocycles. The van der Waals surface area contributed by atoms with Gasteiger partial charge in [-0.15, -0.1) is 0 Å². The second-order valence-corrected chi connectivity index (χ2v) is 8.66. The van der Waals surface area contributed by atoms with Gasteiger partial charge >= 0.3 is 0 Å². The van der Waals surface area contributed by atoms with E-state index in [4.69, 9.17) is 10.5 Å². The highest BCUT2D eigenvalue weighted by Gasteiger charge is 2.43. The van der Waals surface area contributed by atoms with Gasteiger partial charge in [-0.2, -0.15) is 0 Å². The molecule has 6 heteroatoms. The Bertz CT molecular complexity index is 746. The number of fused-ring (bicyclic) bond motifs is 1. The number of benzene rings is 2. The molecule has 0 amide bonds. The van der Waals surface area contributed by atoms with E-state index in [0.29, 0.717) is 24.4 Å². The van der Waals surface area contributed by atoms with Crippen molar-refractivity contribution in [1.29, 1.82) is 0 Å². The molecule has 136 valence electrons. The molecule has 0 saturated heterocycles. The molecule has 2 aromatic carbocycles. The third kappa shape index (κ3) is 3.35. The smallest absolute Gasteiger partial charge is 0.209 e. The maximum absolute atomic E-state index is 11.2. The van der Waals surface area contributed by atoms with E-state index in [9.17, 15) is 9.11 Å². The summed E-state index contributed by atoms with van der Waals surface area (Å²) in [5.41, 5.74) is 8.52. The lowest BCUT2D eigenvalue weighted by Gasteiger charge is -2.53. The Labute approximate surface area is 150 Å². The van der Waals surface area contributed by atoms with Gasteiger partial charge in [0.15, 0.2) is 0 Å². The van der Waals surface area contributed by atoms with Crippen molar-refractivity contribution in [2.45, 2.75) is 32.6 Å². The predicted octanol–water partition coefficient (Wildman–Crippen LogP) is 4.81. The fourth-order valence-electron chi connectivity index (χ4n) is 3.35. The van der Waals surface area contributed by atoms with Crippen molar-refractivity contribution in [1.82, 2.24) is 0 Å². The van der Waals surface area contributed by atoms with Crippen LogP contribution in [0, 0.1) is 19.8 Å². The summed E-state index contributed by atoms with van der Waals surface area (Å²) in [7, 11) is -3.23. The first-order valence-corrected chi connectivity index (χ1v) is 10.0. The monoisotopic (exact) mass is 362 g/mol. The maximum atomic E-state index is 11.2. The molecule has 2 unspecified atom stereocenters. The normalized spacial score (nSPS) is 21.2. The maximum Gasteiger partial charge on any atom is 0.209 e. The molecule has 0 bridgehead atoms. The van der Waals surface area contributed by atoms with E-state index < -0.39 is 16.2 Å². The number of hydrogen-bond donors (Lipinski definition) is 3. The summed E-state index contributed by atoms with van der Waals surface area (Å²) in [6.07, 6.45) is 0.656. The van der Waals surface area contributed by atoms with Crippen molar-refractivity contribution >= 4 is 22.2 Å². The summed E-state index contributed by atoms with van der Waals surface area (Å²) in [6, 6.07) is 13.5. The van der Waals surface area contributed by atoms with E-state index in [-0.39, 0.29) is 5.92 Å². The zero-order valence-electron chi connectivity index (χ0n) is 14.8. The van der Waals surface area contributed by atoms with Gasteiger partial charge in [-0.05, 0) is 62.2 Å². The first-order chi connectivity index (χ1) is 11.8. The van der Waals surface area contributed by atoms with E-state index in [0.717, 1.165) is 16.8 Å². The highest BCUT2D eigenvalue weighted by molar-refractivity contribution is 8.26. The lowest BCUT2D eigenvalue weighted by molar-refractivity contribution is 0.189. The fourth-order valence-corrected chi connectivity index (χ4v) is 5.41. The molecule has 25 heavy (non-hydrogen) atoms. The van der Waals surface area contributed by atoms with Gasteiger partial charge in [-0.3, -0.25) is 9.11 Å². The van der Waals surface area contributed by atoms with Crippen molar-refractivity contribution < 1.29 is 13.8 Å². The Balaban J connectivity index is 2.16. The van der Waals surface area contributed by atoms with E-state index in [1.165, 1.54) is 0 Å². The average molecular weight is 362 g/mol. The summed E-state index contributed by atoms with van der Waals surface area (Å²) >= 11 is 0. The number of anilines is 2. The number of rotatable bonds is 4. The van der Waals surface area contributed by atoms with Crippen LogP contribution in [0.3, 0.4) is 0 Å². The highest BCUT2D eigenvalue weighted by atomic mass is 32.3. The summed E-state index contributed by atoms with van der Waals surface area (Å²) in [5, 5.41) is 0. The Hall–Kier alpha value is -1.73. The molecule has 2 aromatic rings. The van der Waals surface area contributed by atoms with E-state index in [2.05, 4.69) is 6.07 Å². The molecule has 1 aliphatic heterocycles. The number of para-hydroxylation sites is 2. The number of hydrogen-bond acceptors (Lipinski definition) is 5. The zero-order valence-corrected chi connectivity index (χ0v) is 15.7. The van der Waals surface area contributed by atoms with Crippen LogP contribution in [0.15, 0.2) is 42.5 Å². The van der Waals surface area contributed by atoms with Gasteiger partial charge in [-0.25, -0.2) is 4.31 Å². The standard InChI is InChI=1S/C19H26N2O3S/c1-13-10-14(2)12-16(11-13)21-17-6-4-5-7-18(17)24-19(25(21,22)23)15(3)8-9-20/h4-7,10-12,15,19,22-23H,8-9,20H2,1-3H3. The Morgan fingerprint density at radius 1 is 1.16 bits per heavy atom. The Kier molecular flexibility index (Phi) is 4.97. The van der Waals surface area contributed by atoms with E-state index in [1.807, 2.05) is 57.2 Å². The van der Waals surface area contributed by atoms with Gasteiger partial charge in [0.25, 0.3) is 0 Å². The second-order valence-electron chi connectivity index (χ2n) is 6.71. The molecule has 3 rings (SSSR count). The van der Waals surface area contributed by atoms with Crippen LogP contribution in [-0.2, 0) is 0 Å². The second kappa shape index (κ2) is 6.88. The molecule has 0 saturated carbocycles. The van der Waals surface area contributed by atoms with E-state index in [1.54, 1.807) is 4.31 Å². The molecule has 2 atom stereocenters. The SMILES string of the molecule is Cc1cc(C)cc(N2c3ccccc3OC(C(C)CCN)S2(O)O)c1. The lowest BCUT2D eigenvalue weighted by Crippen LogP contribution is -2.43. The minimum absolute atomic E-state index is 0.0863. The van der Waals surface area contributed by atoms with Crippen LogP contribution in [0.5, 0.6) is 5.75 Å². The molecular formula is C19H26N2O3S. The average Bonchev–Trinajstić information content (AvgIpc) is 2.52. The molecule has 1 aliphatic rings. The Morgan fingerprint density at radius 2 is 1.80 bits per heavy atom. The minimum atomic E-state index is -3.23. The molecule has 0 radical (unpaired) electrons. The van der Waals surface area contributed by atoms with Crippen molar-refractivity contribution in [3.8, 4) is 5.75 Å². The largest absolute Gasteiger partial charge is 0.466 e. The van der Waals surface area contributed by atoms with Gasteiger partial charge in [0.2, 0.25) is 5.44 Å². The van der Waals surface area contributed by atoms with Gasteiger partial charge in [0.05, 0.1) is 5.69 Å². The first-order valence-electron chi connectivity index (χ1n) is 8.46. The number of ether oxygens (including phenoxy) is 1. The third-order valence-electron chi connectivity index (χ3n) is 4.44. The van der Waals surface area contributed by atoms with Crippen LogP contribution in [0.25, 0.3) is 0 Å². The quantitative estimate of drug-likeness (QED) is 0.727. The summed E-state index contributed by atoms with van der Waals surface area (Å²) in [6.45, 7) is 6.42. The fraction of sp³-hybridized carbons (Fsp3) is 0.368. The zero-order chi connectivity index (χ0) is 18.2. The third-order valence-corrected chi connectivity index (χ3v) is 6.56. The van der Waals surface area contributed by atoms with Crippen molar-refractivity contribution in [2.75, 3.05) is 10.8 Å². The number of aryl methyl sites for hydroxylation is 2. The van der Waals surface area contributed by atoms with Crippen LogP contribution in [0.1, 0.15) is 24.5 Å². The number of nitrogens with zero attached hydrogens (tertiary/aromatic N) is 1. The molecular weight excluding hydrogens is 336 g/mol. The minimum Gasteiger partial charge on any atom is -0.466 e. The van der Waals surface area contributed by atoms with Crippen molar-refractivity contribution in [3.63, 3.8) is 0 Å². The first kappa shape index (κ1) is 18.1. The van der Waals surface area contributed by atoms with Crippen molar-refractivity contribution in [3.05, 3.63) is 53.6 Å². The summed E-state index contributed by atoms with van der Waals surface area (Å²) in [5.74, 6) is 0.568. The molecule has 5 nitrogen and oxygen atoms in total. The molecule has 0 aromatic heterocycles. The summed E-state index contributed by atoms with van der Waals surface area (Å²) in [4.78, 5) is 0. The molecule has 0 aliphatic carbocycles. The Morgan fingerprint density at radius 3 is 2.44 bits per heavy atom. The van der Waals surface area contributed by atoms with Crippen LogP contribution < -0.4 is 14.8 Å². The van der Waals surface area contributed by atoms with Gasteiger partial charge < -0.3 is 10.5 Å². The van der Waals surface area contributed by atoms with Crippen LogP contribution in [0.2, 0.25) is 0 Å². The molecule has 0 spiro atoms. The predicted molar refractivity (Wildman–Crippen MR) is 105 cm³/mol. The topological polar surface area (TPSA) is 79.0 Å².